The van der Waals surface area contributed by atoms with E-state index in [0.29, 0.717) is 5.82 Å². The number of aromatic amines is 1. The average Bonchev–Trinajstić information content (AvgIpc) is 2.67. The second-order valence-corrected chi connectivity index (χ2v) is 3.07. The smallest absolute Gasteiger partial charge is 0.153 e. The maximum absolute atomic E-state index is 9.49. The average molecular weight is 153 g/mol. The largest absolute Gasteiger partial charge is 0.385 e. The lowest BCUT2D eigenvalue weighted by molar-refractivity contribution is 0.151. The molecule has 60 valence electrons. The number of hydrogen-bond donors (Lipinski definition) is 2. The Bertz CT molecular complexity index is 218. The van der Waals surface area contributed by atoms with E-state index < -0.39 is 6.10 Å². The number of nitrogens with zero attached hydrogens (tertiary/aromatic N) is 2. The van der Waals surface area contributed by atoms with Gasteiger partial charge in [0, 0.05) is 0 Å². The lowest BCUT2D eigenvalue weighted by atomic mass is 10.2. The van der Waals surface area contributed by atoms with Crippen molar-refractivity contribution in [3.8, 4) is 0 Å². The van der Waals surface area contributed by atoms with Gasteiger partial charge in [0.05, 0.1) is 0 Å². The molecule has 1 aliphatic rings. The summed E-state index contributed by atoms with van der Waals surface area (Å²) in [6.07, 6.45) is 4.32. The number of H-pyrrole nitrogens is 1. The highest BCUT2D eigenvalue weighted by Gasteiger charge is 2.26. The van der Waals surface area contributed by atoms with Crippen LogP contribution in [0.1, 0.15) is 31.2 Å². The van der Waals surface area contributed by atoms with Crippen LogP contribution in [0.5, 0.6) is 0 Å². The maximum atomic E-state index is 9.49. The summed E-state index contributed by atoms with van der Waals surface area (Å²) in [5, 5.41) is 15.8. The summed E-state index contributed by atoms with van der Waals surface area (Å²) in [5.41, 5.74) is 0. The van der Waals surface area contributed by atoms with Gasteiger partial charge in [-0.25, -0.2) is 4.98 Å². The van der Waals surface area contributed by atoms with Gasteiger partial charge in [0.25, 0.3) is 0 Å². The highest BCUT2D eigenvalue weighted by atomic mass is 16.3. The first-order valence-corrected chi connectivity index (χ1v) is 3.89. The van der Waals surface area contributed by atoms with Crippen molar-refractivity contribution in [2.45, 2.75) is 25.4 Å². The number of aromatic nitrogens is 3. The molecule has 1 unspecified atom stereocenters. The quantitative estimate of drug-likeness (QED) is 0.669. The molecule has 1 heterocycles. The Morgan fingerprint density at radius 2 is 2.55 bits per heavy atom. The second kappa shape index (κ2) is 2.62. The minimum absolute atomic E-state index is 0.440. The molecule has 4 heteroatoms. The summed E-state index contributed by atoms with van der Waals surface area (Å²) < 4.78 is 0. The van der Waals surface area contributed by atoms with Crippen LogP contribution in [0.2, 0.25) is 0 Å². The van der Waals surface area contributed by atoms with Gasteiger partial charge in [0.1, 0.15) is 12.4 Å². The molecule has 11 heavy (non-hydrogen) atoms. The molecule has 4 nitrogen and oxygen atoms in total. The molecule has 0 saturated heterocycles. The normalized spacial score (nSPS) is 20.1. The van der Waals surface area contributed by atoms with Gasteiger partial charge in [-0.2, -0.15) is 5.10 Å². The first kappa shape index (κ1) is 6.79. The second-order valence-electron chi connectivity index (χ2n) is 3.07. The van der Waals surface area contributed by atoms with Gasteiger partial charge in [-0.1, -0.05) is 12.8 Å². The fourth-order valence-electron chi connectivity index (χ4n) is 1.16. The zero-order valence-corrected chi connectivity index (χ0v) is 6.20. The van der Waals surface area contributed by atoms with Crippen LogP contribution in [0.15, 0.2) is 6.33 Å². The van der Waals surface area contributed by atoms with Crippen LogP contribution in [0.25, 0.3) is 0 Å². The highest BCUT2D eigenvalue weighted by Crippen LogP contribution is 2.36. The van der Waals surface area contributed by atoms with Crippen LogP contribution in [-0.4, -0.2) is 20.3 Å². The molecule has 1 aromatic rings. The summed E-state index contributed by atoms with van der Waals surface area (Å²) in [5.74, 6) is 1.31. The fourth-order valence-corrected chi connectivity index (χ4v) is 1.16. The molecule has 1 saturated carbocycles. The van der Waals surface area contributed by atoms with Gasteiger partial charge in [-0.15, -0.1) is 0 Å². The summed E-state index contributed by atoms with van der Waals surface area (Å²) in [6, 6.07) is 0. The highest BCUT2D eigenvalue weighted by molar-refractivity contribution is 4.89. The fraction of sp³-hybridized carbons (Fsp3) is 0.714. The van der Waals surface area contributed by atoms with E-state index in [4.69, 9.17) is 0 Å². The van der Waals surface area contributed by atoms with Crippen molar-refractivity contribution in [3.63, 3.8) is 0 Å². The molecule has 2 rings (SSSR count). The predicted octanol–water partition coefficient (Wildman–Crippen LogP) is 0.638. The molecule has 1 aromatic heterocycles. The van der Waals surface area contributed by atoms with Crippen molar-refractivity contribution < 1.29 is 5.11 Å². The Hall–Kier alpha value is -0.900. The van der Waals surface area contributed by atoms with Crippen LogP contribution < -0.4 is 0 Å². The molecule has 0 amide bonds. The third-order valence-electron chi connectivity index (χ3n) is 2.00. The molecule has 1 fully saturated rings. The van der Waals surface area contributed by atoms with Gasteiger partial charge >= 0.3 is 0 Å². The van der Waals surface area contributed by atoms with Gasteiger partial charge in [0.2, 0.25) is 0 Å². The van der Waals surface area contributed by atoms with E-state index in [-0.39, 0.29) is 0 Å². The number of aliphatic hydroxyl groups is 1. The number of rotatable bonds is 3. The SMILES string of the molecule is OC(CC1CC1)c1ncn[nH]1. The molecule has 2 N–H and O–H groups in total. The molecule has 0 aromatic carbocycles. The third kappa shape index (κ3) is 1.57. The van der Waals surface area contributed by atoms with Crippen molar-refractivity contribution in [1.82, 2.24) is 15.2 Å². The van der Waals surface area contributed by atoms with Gasteiger partial charge < -0.3 is 5.11 Å². The molecule has 0 bridgehead atoms. The van der Waals surface area contributed by atoms with Crippen LogP contribution in [0.4, 0.5) is 0 Å². The molecule has 0 spiro atoms. The van der Waals surface area contributed by atoms with E-state index >= 15 is 0 Å². The Morgan fingerprint density at radius 3 is 3.09 bits per heavy atom. The van der Waals surface area contributed by atoms with Crippen molar-refractivity contribution in [1.29, 1.82) is 0 Å². The van der Waals surface area contributed by atoms with Crippen LogP contribution in [-0.2, 0) is 0 Å². The molecule has 0 radical (unpaired) electrons. The van der Waals surface area contributed by atoms with Crippen LogP contribution >= 0.6 is 0 Å². The minimum Gasteiger partial charge on any atom is -0.385 e. The van der Waals surface area contributed by atoms with E-state index in [1.54, 1.807) is 0 Å². The topological polar surface area (TPSA) is 61.8 Å². The van der Waals surface area contributed by atoms with E-state index in [0.717, 1.165) is 12.3 Å². The standard InChI is InChI=1S/C7H11N3O/c11-6(3-5-1-2-5)7-8-4-9-10-7/h4-6,11H,1-3H2,(H,8,9,10). The Morgan fingerprint density at radius 1 is 1.73 bits per heavy atom. The zero-order valence-electron chi connectivity index (χ0n) is 6.20. The van der Waals surface area contributed by atoms with Crippen LogP contribution in [0, 0.1) is 5.92 Å². The summed E-state index contributed by atoms with van der Waals surface area (Å²) >= 11 is 0. The van der Waals surface area contributed by atoms with E-state index in [2.05, 4.69) is 15.2 Å². The molecule has 0 aliphatic heterocycles. The van der Waals surface area contributed by atoms with Crippen molar-refractivity contribution >= 4 is 0 Å². The first-order valence-electron chi connectivity index (χ1n) is 3.89. The van der Waals surface area contributed by atoms with Gasteiger partial charge in [-0.05, 0) is 12.3 Å². The van der Waals surface area contributed by atoms with E-state index in [1.807, 2.05) is 0 Å². The number of nitrogens with one attached hydrogen (secondary N) is 1. The van der Waals surface area contributed by atoms with Gasteiger partial charge in [0.15, 0.2) is 5.82 Å². The predicted molar refractivity (Wildman–Crippen MR) is 38.7 cm³/mol. The van der Waals surface area contributed by atoms with Crippen LogP contribution in [0.3, 0.4) is 0 Å². The number of hydrogen-bond acceptors (Lipinski definition) is 3. The molecular weight excluding hydrogens is 142 g/mol. The number of aliphatic hydroxyl groups excluding tert-OH is 1. The maximum Gasteiger partial charge on any atom is 0.153 e. The minimum atomic E-state index is -0.440. The van der Waals surface area contributed by atoms with Crippen molar-refractivity contribution in [2.75, 3.05) is 0 Å². The Labute approximate surface area is 64.7 Å². The van der Waals surface area contributed by atoms with Gasteiger partial charge in [-0.3, -0.25) is 5.10 Å². The van der Waals surface area contributed by atoms with Crippen molar-refractivity contribution in [3.05, 3.63) is 12.2 Å². The van der Waals surface area contributed by atoms with Crippen molar-refractivity contribution in [2.24, 2.45) is 5.92 Å². The third-order valence-corrected chi connectivity index (χ3v) is 2.00. The monoisotopic (exact) mass is 153 g/mol. The summed E-state index contributed by atoms with van der Waals surface area (Å²) in [7, 11) is 0. The molecular formula is C7H11N3O. The summed E-state index contributed by atoms with van der Waals surface area (Å²) in [4.78, 5) is 3.88. The summed E-state index contributed by atoms with van der Waals surface area (Å²) in [6.45, 7) is 0. The lowest BCUT2D eigenvalue weighted by Crippen LogP contribution is -2.00. The Kier molecular flexibility index (Phi) is 1.62. The Balaban J connectivity index is 1.93. The molecule has 1 atom stereocenters. The van der Waals surface area contributed by atoms with E-state index in [1.165, 1.54) is 19.2 Å². The van der Waals surface area contributed by atoms with E-state index in [9.17, 15) is 5.11 Å². The lowest BCUT2D eigenvalue weighted by Gasteiger charge is -2.03. The molecule has 1 aliphatic carbocycles. The zero-order chi connectivity index (χ0) is 7.68. The first-order chi connectivity index (χ1) is 5.36.